The molecule has 0 saturated heterocycles. The van der Waals surface area contributed by atoms with Crippen LogP contribution >= 0.6 is 15.9 Å². The molecule has 0 amide bonds. The molecule has 0 fully saturated rings. The van der Waals surface area contributed by atoms with Gasteiger partial charge in [0.05, 0.1) is 5.69 Å². The number of hydrogen-bond acceptors (Lipinski definition) is 4. The highest BCUT2D eigenvalue weighted by molar-refractivity contribution is 9.10. The number of anilines is 3. The van der Waals surface area contributed by atoms with Gasteiger partial charge in [0.15, 0.2) is 0 Å². The Morgan fingerprint density at radius 2 is 1.70 bits per heavy atom. The molecule has 0 spiro atoms. The first-order valence-electron chi connectivity index (χ1n) is 5.73. The number of primary sulfonamides is 1. The van der Waals surface area contributed by atoms with Crippen molar-refractivity contribution in [1.29, 1.82) is 0 Å². The number of rotatable bonds is 3. The molecule has 5 N–H and O–H groups in total. The summed E-state index contributed by atoms with van der Waals surface area (Å²) in [5.41, 5.74) is 8.50. The Labute approximate surface area is 126 Å². The van der Waals surface area contributed by atoms with E-state index in [4.69, 9.17) is 10.9 Å². The van der Waals surface area contributed by atoms with Crippen molar-refractivity contribution < 1.29 is 8.42 Å². The third-order valence-electron chi connectivity index (χ3n) is 2.78. The van der Waals surface area contributed by atoms with E-state index in [0.29, 0.717) is 5.69 Å². The van der Waals surface area contributed by atoms with E-state index < -0.39 is 10.0 Å². The van der Waals surface area contributed by atoms with E-state index >= 15 is 0 Å². The quantitative estimate of drug-likeness (QED) is 0.737. The van der Waals surface area contributed by atoms with E-state index in [1.54, 1.807) is 6.07 Å². The molecule has 2 aromatic rings. The lowest BCUT2D eigenvalue weighted by Crippen LogP contribution is -2.14. The number of nitrogens with one attached hydrogen (secondary N) is 1. The Bertz CT molecular complexity index is 760. The van der Waals surface area contributed by atoms with Gasteiger partial charge in [0, 0.05) is 15.8 Å². The van der Waals surface area contributed by atoms with Crippen LogP contribution in [0.2, 0.25) is 0 Å². The van der Waals surface area contributed by atoms with Gasteiger partial charge in [-0.3, -0.25) is 0 Å². The van der Waals surface area contributed by atoms with Crippen molar-refractivity contribution in [2.45, 2.75) is 11.8 Å². The molecule has 5 nitrogen and oxygen atoms in total. The number of halogens is 1. The van der Waals surface area contributed by atoms with Crippen LogP contribution in [0.4, 0.5) is 17.1 Å². The van der Waals surface area contributed by atoms with Crippen molar-refractivity contribution in [1.82, 2.24) is 0 Å². The van der Waals surface area contributed by atoms with Crippen molar-refractivity contribution in [3.8, 4) is 0 Å². The first-order chi connectivity index (χ1) is 9.27. The largest absolute Gasteiger partial charge is 0.398 e. The van der Waals surface area contributed by atoms with Crippen molar-refractivity contribution in [3.63, 3.8) is 0 Å². The number of nitrogen functional groups attached to an aromatic ring is 1. The van der Waals surface area contributed by atoms with Crippen LogP contribution in [-0.4, -0.2) is 8.42 Å². The Morgan fingerprint density at radius 1 is 1.10 bits per heavy atom. The number of aryl methyl sites for hydroxylation is 1. The molecule has 0 atom stereocenters. The summed E-state index contributed by atoms with van der Waals surface area (Å²) in [5.74, 6) is 0. The summed E-state index contributed by atoms with van der Waals surface area (Å²) in [6.07, 6.45) is 0. The summed E-state index contributed by atoms with van der Waals surface area (Å²) >= 11 is 3.45. The maximum Gasteiger partial charge on any atom is 0.240 e. The number of hydrogen-bond donors (Lipinski definition) is 3. The highest BCUT2D eigenvalue weighted by Gasteiger charge is 2.12. The van der Waals surface area contributed by atoms with E-state index in [0.717, 1.165) is 15.7 Å². The van der Waals surface area contributed by atoms with E-state index in [1.807, 2.05) is 25.1 Å². The molecular formula is C13H14BrN3O2S. The molecule has 0 radical (unpaired) electrons. The summed E-state index contributed by atoms with van der Waals surface area (Å²) < 4.78 is 23.5. The van der Waals surface area contributed by atoms with Crippen molar-refractivity contribution in [2.24, 2.45) is 5.14 Å². The van der Waals surface area contributed by atoms with Crippen molar-refractivity contribution in [3.05, 3.63) is 46.4 Å². The van der Waals surface area contributed by atoms with Gasteiger partial charge in [-0.25, -0.2) is 13.6 Å². The zero-order chi connectivity index (χ0) is 14.9. The Kier molecular flexibility index (Phi) is 4.03. The maximum absolute atomic E-state index is 11.3. The first kappa shape index (κ1) is 14.8. The van der Waals surface area contributed by atoms with Gasteiger partial charge >= 0.3 is 0 Å². The molecule has 0 heterocycles. The van der Waals surface area contributed by atoms with Crippen LogP contribution in [0.25, 0.3) is 0 Å². The monoisotopic (exact) mass is 355 g/mol. The second-order valence-corrected chi connectivity index (χ2v) is 6.77. The molecule has 0 aliphatic rings. The minimum Gasteiger partial charge on any atom is -0.398 e. The lowest BCUT2D eigenvalue weighted by molar-refractivity contribution is 0.598. The van der Waals surface area contributed by atoms with Crippen LogP contribution in [0.5, 0.6) is 0 Å². The topological polar surface area (TPSA) is 98.2 Å². The van der Waals surface area contributed by atoms with Gasteiger partial charge in [0.25, 0.3) is 0 Å². The average molecular weight is 356 g/mol. The second kappa shape index (κ2) is 5.43. The molecule has 0 aliphatic carbocycles. The number of nitrogens with two attached hydrogens (primary N) is 2. The fourth-order valence-electron chi connectivity index (χ4n) is 1.72. The minimum absolute atomic E-state index is 0.0758. The fourth-order valence-corrected chi connectivity index (χ4v) is 2.75. The molecule has 2 aromatic carbocycles. The number of sulfonamides is 1. The molecule has 0 unspecified atom stereocenters. The highest BCUT2D eigenvalue weighted by atomic mass is 79.9. The molecule has 7 heteroatoms. The predicted octanol–water partition coefficient (Wildman–Crippen LogP) is 2.73. The van der Waals surface area contributed by atoms with Gasteiger partial charge in [-0.05, 0) is 42.8 Å². The zero-order valence-electron chi connectivity index (χ0n) is 10.7. The normalized spacial score (nSPS) is 11.3. The summed E-state index contributed by atoms with van der Waals surface area (Å²) in [4.78, 5) is -0.0758. The van der Waals surface area contributed by atoms with Gasteiger partial charge in [-0.1, -0.05) is 22.0 Å². The Balaban J connectivity index is 2.31. The third-order valence-corrected chi connectivity index (χ3v) is 4.62. The van der Waals surface area contributed by atoms with E-state index in [9.17, 15) is 8.42 Å². The standard InChI is InChI=1S/C13H14BrN3O2S/c1-8-2-3-9(6-11(8)14)17-10-4-5-13(12(15)7-10)20(16,18)19/h2-7,17H,15H2,1H3,(H2,16,18,19). The maximum atomic E-state index is 11.3. The third kappa shape index (κ3) is 3.30. The summed E-state index contributed by atoms with van der Waals surface area (Å²) in [5, 5.41) is 8.21. The van der Waals surface area contributed by atoms with Gasteiger partial charge < -0.3 is 11.1 Å². The Morgan fingerprint density at radius 3 is 2.25 bits per heavy atom. The number of benzene rings is 2. The first-order valence-corrected chi connectivity index (χ1v) is 8.07. The summed E-state index contributed by atoms with van der Waals surface area (Å²) in [7, 11) is -3.80. The Hall–Kier alpha value is -1.57. The fraction of sp³-hybridized carbons (Fsp3) is 0.0769. The summed E-state index contributed by atoms with van der Waals surface area (Å²) in [6, 6.07) is 10.4. The second-order valence-electron chi connectivity index (χ2n) is 4.39. The zero-order valence-corrected chi connectivity index (χ0v) is 13.1. The molecule has 2 rings (SSSR count). The lowest BCUT2D eigenvalue weighted by Gasteiger charge is -2.10. The minimum atomic E-state index is -3.80. The van der Waals surface area contributed by atoms with Crippen molar-refractivity contribution in [2.75, 3.05) is 11.1 Å². The van der Waals surface area contributed by atoms with E-state index in [-0.39, 0.29) is 10.6 Å². The van der Waals surface area contributed by atoms with E-state index in [2.05, 4.69) is 21.2 Å². The smallest absolute Gasteiger partial charge is 0.240 e. The van der Waals surface area contributed by atoms with Crippen LogP contribution in [0, 0.1) is 6.92 Å². The van der Waals surface area contributed by atoms with Crippen molar-refractivity contribution >= 4 is 43.0 Å². The summed E-state index contributed by atoms with van der Waals surface area (Å²) in [6.45, 7) is 1.99. The van der Waals surface area contributed by atoms with Gasteiger partial charge in [0.2, 0.25) is 10.0 Å². The molecule has 0 saturated carbocycles. The van der Waals surface area contributed by atoms with Gasteiger partial charge in [-0.2, -0.15) is 0 Å². The van der Waals surface area contributed by atoms with Crippen LogP contribution in [0.3, 0.4) is 0 Å². The SMILES string of the molecule is Cc1ccc(Nc2ccc(S(N)(=O)=O)c(N)c2)cc1Br. The molecule has 20 heavy (non-hydrogen) atoms. The average Bonchev–Trinajstić information content (AvgIpc) is 2.32. The van der Waals surface area contributed by atoms with E-state index in [1.165, 1.54) is 12.1 Å². The predicted molar refractivity (Wildman–Crippen MR) is 84.4 cm³/mol. The highest BCUT2D eigenvalue weighted by Crippen LogP contribution is 2.26. The van der Waals surface area contributed by atoms with Crippen LogP contribution in [-0.2, 0) is 10.0 Å². The van der Waals surface area contributed by atoms with Gasteiger partial charge in [0.1, 0.15) is 4.90 Å². The molecule has 106 valence electrons. The molecule has 0 bridgehead atoms. The molecule has 0 aliphatic heterocycles. The van der Waals surface area contributed by atoms with Crippen LogP contribution in [0.15, 0.2) is 45.8 Å². The van der Waals surface area contributed by atoms with Crippen LogP contribution in [0.1, 0.15) is 5.56 Å². The van der Waals surface area contributed by atoms with Crippen LogP contribution < -0.4 is 16.2 Å². The lowest BCUT2D eigenvalue weighted by atomic mass is 10.2. The van der Waals surface area contributed by atoms with Gasteiger partial charge in [-0.15, -0.1) is 0 Å². The molecular weight excluding hydrogens is 342 g/mol. The molecule has 0 aromatic heterocycles.